The van der Waals surface area contributed by atoms with Gasteiger partial charge in [0.25, 0.3) is 0 Å². The van der Waals surface area contributed by atoms with E-state index in [1.54, 1.807) is 18.2 Å². The largest absolute Gasteiger partial charge is 0.490 e. The fourth-order valence-corrected chi connectivity index (χ4v) is 1.85. The van der Waals surface area contributed by atoms with E-state index in [-0.39, 0.29) is 25.6 Å². The molecular weight excluding hydrogens is 323 g/mol. The van der Waals surface area contributed by atoms with E-state index in [1.807, 2.05) is 6.92 Å². The zero-order valence-electron chi connectivity index (χ0n) is 12.6. The van der Waals surface area contributed by atoms with E-state index >= 15 is 0 Å². The maximum absolute atomic E-state index is 12.7. The van der Waals surface area contributed by atoms with Crippen LogP contribution < -0.4 is 9.47 Å². The molecule has 6 heteroatoms. The molecule has 0 aromatic heterocycles. The second-order valence-corrected chi connectivity index (χ2v) is 5.13. The van der Waals surface area contributed by atoms with Gasteiger partial charge in [0.15, 0.2) is 6.61 Å². The molecule has 0 spiro atoms. The molecule has 0 saturated carbocycles. The molecule has 4 nitrogen and oxygen atoms in total. The number of ether oxygens (including phenoxy) is 3. The van der Waals surface area contributed by atoms with Gasteiger partial charge >= 0.3 is 5.97 Å². The summed E-state index contributed by atoms with van der Waals surface area (Å²) in [5.41, 5.74) is 0.866. The lowest BCUT2D eigenvalue weighted by molar-refractivity contribution is -0.146. The average molecular weight is 339 g/mol. The summed E-state index contributed by atoms with van der Waals surface area (Å²) in [4.78, 5) is 11.5. The molecule has 0 heterocycles. The number of hydrogen-bond acceptors (Lipinski definition) is 4. The molecule has 0 bridgehead atoms. The van der Waals surface area contributed by atoms with Crippen molar-refractivity contribution in [3.05, 3.63) is 58.9 Å². The Kier molecular flexibility index (Phi) is 6.23. The Morgan fingerprint density at radius 3 is 2.43 bits per heavy atom. The Bertz CT molecular complexity index is 658. The first-order valence-corrected chi connectivity index (χ1v) is 7.35. The maximum atomic E-state index is 12.7. The summed E-state index contributed by atoms with van der Waals surface area (Å²) in [6.07, 6.45) is 0. The van der Waals surface area contributed by atoms with Crippen molar-refractivity contribution in [2.24, 2.45) is 0 Å². The SMILES string of the molecule is Cc1cc(OCC(=O)OCCOc2ccc(F)cc2)ccc1Cl. The zero-order chi connectivity index (χ0) is 16.7. The summed E-state index contributed by atoms with van der Waals surface area (Å²) in [5, 5.41) is 0.637. The highest BCUT2D eigenvalue weighted by Gasteiger charge is 2.05. The first-order chi connectivity index (χ1) is 11.0. The van der Waals surface area contributed by atoms with Crippen molar-refractivity contribution < 1.29 is 23.4 Å². The Morgan fingerprint density at radius 1 is 1.04 bits per heavy atom. The van der Waals surface area contributed by atoms with Gasteiger partial charge < -0.3 is 14.2 Å². The van der Waals surface area contributed by atoms with Crippen LogP contribution in [0.5, 0.6) is 11.5 Å². The lowest BCUT2D eigenvalue weighted by atomic mass is 10.2. The van der Waals surface area contributed by atoms with Gasteiger partial charge in [0, 0.05) is 5.02 Å². The summed E-state index contributed by atoms with van der Waals surface area (Å²) in [7, 11) is 0. The fourth-order valence-electron chi connectivity index (χ4n) is 1.74. The van der Waals surface area contributed by atoms with Crippen molar-refractivity contribution in [2.45, 2.75) is 6.92 Å². The monoisotopic (exact) mass is 338 g/mol. The molecule has 0 unspecified atom stereocenters. The fraction of sp³-hybridized carbons (Fsp3) is 0.235. The number of benzene rings is 2. The molecular formula is C17H16ClFO4. The second-order valence-electron chi connectivity index (χ2n) is 4.72. The number of carbonyl (C=O) groups is 1. The van der Waals surface area contributed by atoms with Gasteiger partial charge in [0.05, 0.1) is 0 Å². The van der Waals surface area contributed by atoms with Crippen LogP contribution in [0.3, 0.4) is 0 Å². The molecule has 0 N–H and O–H groups in total. The van der Waals surface area contributed by atoms with Crippen LogP contribution in [0.15, 0.2) is 42.5 Å². The molecule has 2 aromatic rings. The number of carbonyl (C=O) groups excluding carboxylic acids is 1. The van der Waals surface area contributed by atoms with Crippen molar-refractivity contribution >= 4 is 17.6 Å². The predicted molar refractivity (Wildman–Crippen MR) is 84.5 cm³/mol. The molecule has 0 aliphatic heterocycles. The van der Waals surface area contributed by atoms with Crippen LogP contribution in [0.4, 0.5) is 4.39 Å². The quantitative estimate of drug-likeness (QED) is 0.569. The second kappa shape index (κ2) is 8.39. The standard InChI is InChI=1S/C17H16ClFO4/c1-12-10-15(6-7-16(12)18)23-11-17(20)22-9-8-21-14-4-2-13(19)3-5-14/h2-7,10H,8-9,11H2,1H3. The van der Waals surface area contributed by atoms with Crippen LogP contribution in [0.2, 0.25) is 5.02 Å². The zero-order valence-corrected chi connectivity index (χ0v) is 13.3. The Morgan fingerprint density at radius 2 is 1.74 bits per heavy atom. The number of halogens is 2. The number of rotatable bonds is 7. The Hall–Kier alpha value is -2.27. The van der Waals surface area contributed by atoms with E-state index in [1.165, 1.54) is 24.3 Å². The summed E-state index contributed by atoms with van der Waals surface area (Å²) in [5.74, 6) is 0.223. The minimum absolute atomic E-state index is 0.0826. The summed E-state index contributed by atoms with van der Waals surface area (Å²) in [6, 6.07) is 10.7. The van der Waals surface area contributed by atoms with E-state index in [4.69, 9.17) is 25.8 Å². The third-order valence-electron chi connectivity index (χ3n) is 2.91. The van der Waals surface area contributed by atoms with Gasteiger partial charge in [0.1, 0.15) is 30.5 Å². The molecule has 2 rings (SSSR count). The highest BCUT2D eigenvalue weighted by Crippen LogP contribution is 2.20. The van der Waals surface area contributed by atoms with Gasteiger partial charge in [-0.15, -0.1) is 0 Å². The van der Waals surface area contributed by atoms with Crippen LogP contribution in [0, 0.1) is 12.7 Å². The Labute approximate surface area is 138 Å². The molecule has 0 atom stereocenters. The van der Waals surface area contributed by atoms with E-state index in [9.17, 15) is 9.18 Å². The molecule has 0 fully saturated rings. The van der Waals surface area contributed by atoms with Gasteiger partial charge in [-0.05, 0) is 55.0 Å². The number of hydrogen-bond donors (Lipinski definition) is 0. The highest BCUT2D eigenvalue weighted by molar-refractivity contribution is 6.31. The average Bonchev–Trinajstić information content (AvgIpc) is 2.54. The van der Waals surface area contributed by atoms with E-state index in [2.05, 4.69) is 0 Å². The van der Waals surface area contributed by atoms with Crippen LogP contribution in [-0.2, 0) is 9.53 Å². The summed E-state index contributed by atoms with van der Waals surface area (Å²) in [6.45, 7) is 1.91. The van der Waals surface area contributed by atoms with Crippen molar-refractivity contribution in [2.75, 3.05) is 19.8 Å². The number of esters is 1. The molecule has 0 aliphatic rings. The Balaban J connectivity index is 1.65. The van der Waals surface area contributed by atoms with Gasteiger partial charge in [0.2, 0.25) is 0 Å². The lowest BCUT2D eigenvalue weighted by Crippen LogP contribution is -2.18. The molecule has 0 amide bonds. The maximum Gasteiger partial charge on any atom is 0.344 e. The first kappa shape index (κ1) is 17.1. The molecule has 0 saturated heterocycles. The van der Waals surface area contributed by atoms with E-state index in [0.717, 1.165) is 5.56 Å². The molecule has 0 aliphatic carbocycles. The van der Waals surface area contributed by atoms with Gasteiger partial charge in [-0.1, -0.05) is 11.6 Å². The van der Waals surface area contributed by atoms with Crippen molar-refractivity contribution in [3.8, 4) is 11.5 Å². The van der Waals surface area contributed by atoms with Gasteiger partial charge in [-0.25, -0.2) is 9.18 Å². The lowest BCUT2D eigenvalue weighted by Gasteiger charge is -2.09. The summed E-state index contributed by atoms with van der Waals surface area (Å²) < 4.78 is 28.3. The normalized spacial score (nSPS) is 10.2. The van der Waals surface area contributed by atoms with E-state index in [0.29, 0.717) is 16.5 Å². The molecule has 122 valence electrons. The van der Waals surface area contributed by atoms with E-state index < -0.39 is 5.97 Å². The topological polar surface area (TPSA) is 44.8 Å². The molecule has 23 heavy (non-hydrogen) atoms. The molecule has 0 radical (unpaired) electrons. The minimum Gasteiger partial charge on any atom is -0.490 e. The van der Waals surface area contributed by atoms with Crippen LogP contribution in [0.1, 0.15) is 5.56 Å². The smallest absolute Gasteiger partial charge is 0.344 e. The third kappa shape index (κ3) is 5.79. The van der Waals surface area contributed by atoms with Crippen molar-refractivity contribution in [3.63, 3.8) is 0 Å². The number of aryl methyl sites for hydroxylation is 1. The minimum atomic E-state index is -0.500. The molecule has 2 aromatic carbocycles. The van der Waals surface area contributed by atoms with Crippen LogP contribution in [0.25, 0.3) is 0 Å². The van der Waals surface area contributed by atoms with Crippen LogP contribution >= 0.6 is 11.6 Å². The van der Waals surface area contributed by atoms with Crippen molar-refractivity contribution in [1.82, 2.24) is 0 Å². The first-order valence-electron chi connectivity index (χ1n) is 6.97. The summed E-state index contributed by atoms with van der Waals surface area (Å²) >= 11 is 5.91. The third-order valence-corrected chi connectivity index (χ3v) is 3.34. The van der Waals surface area contributed by atoms with Crippen LogP contribution in [-0.4, -0.2) is 25.8 Å². The van der Waals surface area contributed by atoms with Crippen molar-refractivity contribution in [1.29, 1.82) is 0 Å². The predicted octanol–water partition coefficient (Wildman–Crippen LogP) is 3.79. The highest BCUT2D eigenvalue weighted by atomic mass is 35.5. The van der Waals surface area contributed by atoms with Gasteiger partial charge in [-0.3, -0.25) is 0 Å². The van der Waals surface area contributed by atoms with Gasteiger partial charge in [-0.2, -0.15) is 0 Å².